The molecule has 0 spiro atoms. The summed E-state index contributed by atoms with van der Waals surface area (Å²) in [5, 5.41) is 0. The van der Waals surface area contributed by atoms with Gasteiger partial charge in [0.2, 0.25) is 0 Å². The molecule has 108 valence electrons. The third-order valence-corrected chi connectivity index (χ3v) is 3.64. The Balaban J connectivity index is 1.99. The Hall–Kier alpha value is -2.30. The van der Waals surface area contributed by atoms with Gasteiger partial charge in [-0.1, -0.05) is 12.1 Å². The second kappa shape index (κ2) is 4.62. The Morgan fingerprint density at radius 3 is 2.38 bits per heavy atom. The molecule has 0 saturated carbocycles. The van der Waals surface area contributed by atoms with E-state index in [0.717, 1.165) is 34.5 Å². The fourth-order valence-corrected chi connectivity index (χ4v) is 2.44. The lowest BCUT2D eigenvalue weighted by molar-refractivity contribution is -0.137. The number of fused-ring (bicyclic) bond motifs is 1. The van der Waals surface area contributed by atoms with Crippen molar-refractivity contribution in [2.75, 3.05) is 5.73 Å². The Bertz CT molecular complexity index is 728. The lowest BCUT2D eigenvalue weighted by Gasteiger charge is -2.10. The van der Waals surface area contributed by atoms with Crippen LogP contribution >= 0.6 is 0 Å². The molecule has 0 radical (unpaired) electrons. The van der Waals surface area contributed by atoms with Crippen molar-refractivity contribution < 1.29 is 13.2 Å². The molecule has 0 amide bonds. The molecule has 0 aromatic heterocycles. The summed E-state index contributed by atoms with van der Waals surface area (Å²) in [7, 11) is 0. The number of rotatable bonds is 1. The zero-order chi connectivity index (χ0) is 15.2. The summed E-state index contributed by atoms with van der Waals surface area (Å²) in [6.07, 6.45) is -4.32. The quantitative estimate of drug-likeness (QED) is 0.794. The van der Waals surface area contributed by atoms with Gasteiger partial charge in [0, 0.05) is 16.8 Å². The maximum absolute atomic E-state index is 12.6. The topological polar surface area (TPSA) is 38.4 Å². The van der Waals surface area contributed by atoms with Crippen molar-refractivity contribution in [3.8, 4) is 0 Å². The van der Waals surface area contributed by atoms with Gasteiger partial charge in [0.1, 0.15) is 0 Å². The van der Waals surface area contributed by atoms with Gasteiger partial charge in [-0.25, -0.2) is 0 Å². The van der Waals surface area contributed by atoms with E-state index in [1.165, 1.54) is 12.1 Å². The van der Waals surface area contributed by atoms with Crippen LogP contribution in [0.3, 0.4) is 0 Å². The molecular weight excluding hydrogens is 277 g/mol. The average Bonchev–Trinajstić information content (AvgIpc) is 2.81. The van der Waals surface area contributed by atoms with Gasteiger partial charge in [0.15, 0.2) is 0 Å². The smallest absolute Gasteiger partial charge is 0.399 e. The van der Waals surface area contributed by atoms with Gasteiger partial charge in [0.05, 0.1) is 17.8 Å². The van der Waals surface area contributed by atoms with Crippen LogP contribution in [0.25, 0.3) is 0 Å². The zero-order valence-corrected chi connectivity index (χ0v) is 11.3. The lowest BCUT2D eigenvalue weighted by atomic mass is 9.97. The van der Waals surface area contributed by atoms with Gasteiger partial charge in [-0.3, -0.25) is 4.99 Å². The highest BCUT2D eigenvalue weighted by atomic mass is 19.4. The summed E-state index contributed by atoms with van der Waals surface area (Å²) >= 11 is 0. The van der Waals surface area contributed by atoms with E-state index in [-0.39, 0.29) is 0 Å². The molecule has 0 fully saturated rings. The number of anilines is 1. The Morgan fingerprint density at radius 1 is 1.10 bits per heavy atom. The van der Waals surface area contributed by atoms with E-state index in [2.05, 4.69) is 4.99 Å². The minimum Gasteiger partial charge on any atom is -0.399 e. The van der Waals surface area contributed by atoms with E-state index in [0.29, 0.717) is 17.8 Å². The first-order chi connectivity index (χ1) is 9.86. The molecular formula is C16H13F3N2. The van der Waals surface area contributed by atoms with Crippen molar-refractivity contribution in [2.24, 2.45) is 4.99 Å². The highest BCUT2D eigenvalue weighted by Gasteiger charge is 2.30. The highest BCUT2D eigenvalue weighted by Crippen LogP contribution is 2.31. The maximum atomic E-state index is 12.6. The monoisotopic (exact) mass is 290 g/mol. The van der Waals surface area contributed by atoms with Crippen LogP contribution in [0.4, 0.5) is 18.9 Å². The number of aryl methyl sites for hydroxylation is 1. The van der Waals surface area contributed by atoms with Crippen LogP contribution in [0.1, 0.15) is 27.8 Å². The van der Waals surface area contributed by atoms with Crippen LogP contribution in [0.2, 0.25) is 0 Å². The van der Waals surface area contributed by atoms with E-state index < -0.39 is 11.7 Å². The van der Waals surface area contributed by atoms with Gasteiger partial charge in [-0.05, 0) is 42.3 Å². The molecule has 1 aliphatic heterocycles. The molecule has 2 aromatic carbocycles. The third kappa shape index (κ3) is 2.39. The molecule has 0 saturated heterocycles. The summed E-state index contributed by atoms with van der Waals surface area (Å²) in [6, 6.07) is 8.91. The second-order valence-corrected chi connectivity index (χ2v) is 5.11. The summed E-state index contributed by atoms with van der Waals surface area (Å²) in [5.74, 6) is 0. The second-order valence-electron chi connectivity index (χ2n) is 5.11. The predicted octanol–water partition coefficient (Wildman–Crippen LogP) is 3.95. The minimum absolute atomic E-state index is 0.510. The molecule has 2 N–H and O–H groups in total. The average molecular weight is 290 g/mol. The summed E-state index contributed by atoms with van der Waals surface area (Å²) in [6.45, 7) is 2.41. The molecule has 3 rings (SSSR count). The third-order valence-electron chi connectivity index (χ3n) is 3.64. The Morgan fingerprint density at radius 2 is 1.76 bits per heavy atom. The summed E-state index contributed by atoms with van der Waals surface area (Å²) < 4.78 is 37.8. The molecule has 21 heavy (non-hydrogen) atoms. The molecule has 1 heterocycles. The van der Waals surface area contributed by atoms with Crippen molar-refractivity contribution in [1.82, 2.24) is 0 Å². The van der Waals surface area contributed by atoms with Crippen LogP contribution in [-0.4, -0.2) is 5.71 Å². The Kier molecular flexibility index (Phi) is 3.01. The maximum Gasteiger partial charge on any atom is 0.416 e. The molecule has 5 heteroatoms. The number of benzene rings is 2. The molecule has 0 aliphatic carbocycles. The van der Waals surface area contributed by atoms with E-state index >= 15 is 0 Å². The first-order valence-electron chi connectivity index (χ1n) is 6.48. The van der Waals surface area contributed by atoms with Gasteiger partial charge < -0.3 is 5.73 Å². The number of nitrogens with zero attached hydrogens (tertiary/aromatic N) is 1. The van der Waals surface area contributed by atoms with Crippen molar-refractivity contribution >= 4 is 11.4 Å². The Labute approximate surface area is 120 Å². The number of aliphatic imine (C=N–C) groups is 1. The van der Waals surface area contributed by atoms with Gasteiger partial charge in [-0.15, -0.1) is 0 Å². The standard InChI is InChI=1S/C16H13F3N2/c1-9-6-13-11(7-14(9)20)8-21-15(13)10-2-4-12(5-3-10)16(17,18)19/h2-7H,8,20H2,1H3. The number of hydrogen-bond donors (Lipinski definition) is 1. The molecule has 0 bridgehead atoms. The van der Waals surface area contributed by atoms with E-state index in [9.17, 15) is 13.2 Å². The fourth-order valence-electron chi connectivity index (χ4n) is 2.44. The first kappa shape index (κ1) is 13.7. The SMILES string of the molecule is Cc1cc2c(cc1N)CN=C2c1ccc(C(F)(F)F)cc1. The highest BCUT2D eigenvalue weighted by molar-refractivity contribution is 6.15. The molecule has 2 nitrogen and oxygen atoms in total. The fraction of sp³-hybridized carbons (Fsp3) is 0.188. The van der Waals surface area contributed by atoms with E-state index in [1.807, 2.05) is 19.1 Å². The predicted molar refractivity (Wildman–Crippen MR) is 76.4 cm³/mol. The van der Waals surface area contributed by atoms with Crippen molar-refractivity contribution in [3.63, 3.8) is 0 Å². The first-order valence-corrected chi connectivity index (χ1v) is 6.48. The van der Waals surface area contributed by atoms with Crippen molar-refractivity contribution in [3.05, 3.63) is 64.2 Å². The molecule has 2 aromatic rings. The van der Waals surface area contributed by atoms with Crippen LogP contribution in [-0.2, 0) is 12.7 Å². The van der Waals surface area contributed by atoms with Crippen LogP contribution in [0.5, 0.6) is 0 Å². The van der Waals surface area contributed by atoms with E-state index in [4.69, 9.17) is 5.73 Å². The van der Waals surface area contributed by atoms with Gasteiger partial charge >= 0.3 is 6.18 Å². The van der Waals surface area contributed by atoms with Crippen LogP contribution in [0, 0.1) is 6.92 Å². The normalized spacial score (nSPS) is 14.0. The summed E-state index contributed by atoms with van der Waals surface area (Å²) in [5.41, 5.74) is 10.2. The number of nitrogens with two attached hydrogens (primary N) is 1. The van der Waals surface area contributed by atoms with Gasteiger partial charge in [0.25, 0.3) is 0 Å². The number of hydrogen-bond acceptors (Lipinski definition) is 2. The van der Waals surface area contributed by atoms with E-state index in [1.54, 1.807) is 0 Å². The zero-order valence-electron chi connectivity index (χ0n) is 11.3. The number of alkyl halides is 3. The summed E-state index contributed by atoms with van der Waals surface area (Å²) in [4.78, 5) is 4.43. The molecule has 1 aliphatic rings. The largest absolute Gasteiger partial charge is 0.416 e. The number of nitrogen functional groups attached to an aromatic ring is 1. The van der Waals surface area contributed by atoms with Crippen LogP contribution < -0.4 is 5.73 Å². The molecule has 0 atom stereocenters. The van der Waals surface area contributed by atoms with Crippen LogP contribution in [0.15, 0.2) is 41.4 Å². The molecule has 0 unspecified atom stereocenters. The van der Waals surface area contributed by atoms with Gasteiger partial charge in [-0.2, -0.15) is 13.2 Å². The lowest BCUT2D eigenvalue weighted by Crippen LogP contribution is -2.07. The number of halogens is 3. The van der Waals surface area contributed by atoms with Crippen molar-refractivity contribution in [2.45, 2.75) is 19.6 Å². The van der Waals surface area contributed by atoms with Crippen molar-refractivity contribution in [1.29, 1.82) is 0 Å². The minimum atomic E-state index is -4.32.